The largest absolute Gasteiger partial charge is 0.338 e. The number of nitrogens with zero attached hydrogens (tertiary/aromatic N) is 5. The van der Waals surface area contributed by atoms with E-state index in [2.05, 4.69) is 10.2 Å². The van der Waals surface area contributed by atoms with Crippen LogP contribution in [0.3, 0.4) is 0 Å². The van der Waals surface area contributed by atoms with Crippen molar-refractivity contribution in [3.05, 3.63) is 24.0 Å². The van der Waals surface area contributed by atoms with E-state index >= 15 is 0 Å². The molecule has 0 saturated carbocycles. The van der Waals surface area contributed by atoms with Crippen LogP contribution in [0.2, 0.25) is 0 Å². The van der Waals surface area contributed by atoms with Crippen LogP contribution in [-0.4, -0.2) is 75.0 Å². The van der Waals surface area contributed by atoms with Crippen LogP contribution in [0.4, 0.5) is 4.79 Å². The van der Waals surface area contributed by atoms with Gasteiger partial charge in [0.05, 0.1) is 18.0 Å². The lowest BCUT2D eigenvalue weighted by atomic mass is 9.85. The number of imide groups is 1. The maximum atomic E-state index is 12.8. The third-order valence-corrected chi connectivity index (χ3v) is 4.99. The van der Waals surface area contributed by atoms with E-state index in [0.717, 1.165) is 0 Å². The first-order chi connectivity index (χ1) is 11.9. The molecule has 1 aromatic heterocycles. The van der Waals surface area contributed by atoms with Crippen molar-refractivity contribution in [2.24, 2.45) is 5.92 Å². The summed E-state index contributed by atoms with van der Waals surface area (Å²) in [7, 11) is 1.53. The number of urea groups is 1. The Bertz CT molecular complexity index is 683. The van der Waals surface area contributed by atoms with Crippen LogP contribution < -0.4 is 0 Å². The lowest BCUT2D eigenvalue weighted by Gasteiger charge is -2.42. The zero-order valence-corrected chi connectivity index (χ0v) is 14.8. The van der Waals surface area contributed by atoms with Gasteiger partial charge in [0.25, 0.3) is 11.8 Å². The van der Waals surface area contributed by atoms with Crippen molar-refractivity contribution in [3.8, 4) is 0 Å². The van der Waals surface area contributed by atoms with Gasteiger partial charge in [-0.25, -0.2) is 4.79 Å². The number of carbonyl (C=O) groups excluding carboxylic acids is 3. The zero-order chi connectivity index (χ0) is 18.2. The quantitative estimate of drug-likeness (QED) is 0.763. The lowest BCUT2D eigenvalue weighted by molar-refractivity contribution is -0.134. The smallest absolute Gasteiger partial charge is 0.327 e. The summed E-state index contributed by atoms with van der Waals surface area (Å²) in [5, 5.41) is 7.42. The molecule has 2 saturated heterocycles. The van der Waals surface area contributed by atoms with Crippen molar-refractivity contribution >= 4 is 17.8 Å². The summed E-state index contributed by atoms with van der Waals surface area (Å²) in [5.41, 5.74) is -0.334. The number of piperidine rings is 1. The summed E-state index contributed by atoms with van der Waals surface area (Å²) >= 11 is 0. The Morgan fingerprint density at radius 2 is 1.92 bits per heavy atom. The minimum Gasteiger partial charge on any atom is -0.338 e. The van der Waals surface area contributed by atoms with Gasteiger partial charge >= 0.3 is 6.03 Å². The van der Waals surface area contributed by atoms with E-state index in [-0.39, 0.29) is 23.8 Å². The van der Waals surface area contributed by atoms with Gasteiger partial charge in [0.1, 0.15) is 5.54 Å². The fraction of sp³-hybridized carbons (Fsp3) is 0.588. The highest BCUT2D eigenvalue weighted by molar-refractivity contribution is 6.07. The molecule has 0 bridgehead atoms. The molecular formula is C17H23N5O3. The summed E-state index contributed by atoms with van der Waals surface area (Å²) in [5.74, 6) is -0.0104. The lowest BCUT2D eigenvalue weighted by Crippen LogP contribution is -2.58. The maximum Gasteiger partial charge on any atom is 0.327 e. The van der Waals surface area contributed by atoms with Crippen molar-refractivity contribution in [2.75, 3.05) is 26.7 Å². The van der Waals surface area contributed by atoms with Crippen molar-refractivity contribution < 1.29 is 14.4 Å². The molecule has 2 aliphatic heterocycles. The number of rotatable bonds is 3. The molecule has 0 N–H and O–H groups in total. The molecule has 3 rings (SSSR count). The van der Waals surface area contributed by atoms with Crippen LogP contribution in [0, 0.1) is 5.92 Å². The summed E-state index contributed by atoms with van der Waals surface area (Å²) in [6, 6.07) is 1.39. The molecule has 4 amide bonds. The fourth-order valence-corrected chi connectivity index (χ4v) is 3.66. The minimum atomic E-state index is -0.816. The molecule has 8 nitrogen and oxygen atoms in total. The average molecular weight is 345 g/mol. The number of likely N-dealkylation sites (N-methyl/N-ethyl adjacent to an activating group) is 1. The number of amides is 4. The van der Waals surface area contributed by atoms with Crippen LogP contribution >= 0.6 is 0 Å². The Kier molecular flexibility index (Phi) is 4.45. The Morgan fingerprint density at radius 3 is 2.48 bits per heavy atom. The minimum absolute atomic E-state index is 0.120. The first kappa shape index (κ1) is 17.3. The molecule has 1 spiro atoms. The molecule has 8 heteroatoms. The molecule has 0 radical (unpaired) electrons. The van der Waals surface area contributed by atoms with E-state index in [1.807, 2.05) is 13.8 Å². The number of carbonyl (C=O) groups is 3. The van der Waals surface area contributed by atoms with Gasteiger partial charge in [-0.3, -0.25) is 14.5 Å². The fourth-order valence-electron chi connectivity index (χ4n) is 3.66. The first-order valence-electron chi connectivity index (χ1n) is 8.52. The molecule has 0 aromatic carbocycles. The third kappa shape index (κ3) is 2.85. The normalized spacial score (nSPS) is 20.1. The van der Waals surface area contributed by atoms with E-state index in [0.29, 0.717) is 38.0 Å². The second kappa shape index (κ2) is 6.42. The number of hydrogen-bond donors (Lipinski definition) is 0. The van der Waals surface area contributed by atoms with Crippen LogP contribution in [0.15, 0.2) is 18.5 Å². The van der Waals surface area contributed by atoms with Crippen LogP contribution in [0.1, 0.15) is 37.0 Å². The van der Waals surface area contributed by atoms with Crippen molar-refractivity contribution in [1.29, 1.82) is 0 Å². The molecule has 0 atom stereocenters. The Labute approximate surface area is 146 Å². The zero-order valence-electron chi connectivity index (χ0n) is 14.8. The van der Waals surface area contributed by atoms with Crippen molar-refractivity contribution in [3.63, 3.8) is 0 Å². The molecule has 1 aromatic rings. The van der Waals surface area contributed by atoms with Gasteiger partial charge in [0.15, 0.2) is 0 Å². The molecule has 2 fully saturated rings. The van der Waals surface area contributed by atoms with Gasteiger partial charge in [-0.05, 0) is 24.8 Å². The summed E-state index contributed by atoms with van der Waals surface area (Å²) < 4.78 is 0. The van der Waals surface area contributed by atoms with Gasteiger partial charge in [0, 0.05) is 26.7 Å². The van der Waals surface area contributed by atoms with Crippen LogP contribution in [0.5, 0.6) is 0 Å². The van der Waals surface area contributed by atoms with Gasteiger partial charge in [-0.1, -0.05) is 13.8 Å². The third-order valence-electron chi connectivity index (χ3n) is 4.99. The second-order valence-corrected chi connectivity index (χ2v) is 7.11. The molecule has 134 valence electrons. The number of likely N-dealkylation sites (tertiary alicyclic amines) is 1. The average Bonchev–Trinajstić information content (AvgIpc) is 2.78. The topological polar surface area (TPSA) is 86.7 Å². The van der Waals surface area contributed by atoms with E-state index in [1.54, 1.807) is 15.9 Å². The van der Waals surface area contributed by atoms with Gasteiger partial charge in [-0.15, -0.1) is 0 Å². The van der Waals surface area contributed by atoms with E-state index < -0.39 is 5.54 Å². The molecule has 0 unspecified atom stereocenters. The highest BCUT2D eigenvalue weighted by Crippen LogP contribution is 2.37. The summed E-state index contributed by atoms with van der Waals surface area (Å²) in [6.07, 6.45) is 3.84. The summed E-state index contributed by atoms with van der Waals surface area (Å²) in [6.45, 7) is 5.46. The predicted molar refractivity (Wildman–Crippen MR) is 89.6 cm³/mol. The standard InChI is InChI=1S/C17H23N5O3/c1-12(2)11-22-16(25)20(3)15(24)17(22)5-8-21(9-6-17)14(23)13-4-7-18-19-10-13/h4,7,10,12H,5-6,8-9,11H2,1-3H3. The maximum absolute atomic E-state index is 12.8. The van der Waals surface area contributed by atoms with Gasteiger partial charge in [0.2, 0.25) is 0 Å². The van der Waals surface area contributed by atoms with Gasteiger partial charge in [-0.2, -0.15) is 10.2 Å². The van der Waals surface area contributed by atoms with E-state index in [4.69, 9.17) is 0 Å². The monoisotopic (exact) mass is 345 g/mol. The van der Waals surface area contributed by atoms with Gasteiger partial charge < -0.3 is 9.80 Å². The van der Waals surface area contributed by atoms with Crippen LogP contribution in [-0.2, 0) is 4.79 Å². The molecule has 0 aliphatic carbocycles. The number of hydrogen-bond acceptors (Lipinski definition) is 5. The molecule has 25 heavy (non-hydrogen) atoms. The van der Waals surface area contributed by atoms with Crippen LogP contribution in [0.25, 0.3) is 0 Å². The Morgan fingerprint density at radius 1 is 1.24 bits per heavy atom. The first-order valence-corrected chi connectivity index (χ1v) is 8.52. The highest BCUT2D eigenvalue weighted by Gasteiger charge is 2.57. The molecule has 2 aliphatic rings. The second-order valence-electron chi connectivity index (χ2n) is 7.11. The highest BCUT2D eigenvalue weighted by atomic mass is 16.2. The SMILES string of the molecule is CC(C)CN1C(=O)N(C)C(=O)C12CCN(C(=O)c1ccnnc1)CC2. The van der Waals surface area contributed by atoms with E-state index in [9.17, 15) is 14.4 Å². The molecule has 3 heterocycles. The summed E-state index contributed by atoms with van der Waals surface area (Å²) in [4.78, 5) is 42.5. The Hall–Kier alpha value is -2.51. The van der Waals surface area contributed by atoms with E-state index in [1.165, 1.54) is 24.3 Å². The predicted octanol–water partition coefficient (Wildman–Crippen LogP) is 1.00. The molecular weight excluding hydrogens is 322 g/mol. The van der Waals surface area contributed by atoms with Crippen molar-refractivity contribution in [2.45, 2.75) is 32.2 Å². The Balaban J connectivity index is 1.78. The van der Waals surface area contributed by atoms with Crippen molar-refractivity contribution in [1.82, 2.24) is 24.9 Å². The number of aromatic nitrogens is 2.